The number of hydrogen-bond donors (Lipinski definition) is 1. The van der Waals surface area contributed by atoms with Crippen LogP contribution < -0.4 is 0 Å². The van der Waals surface area contributed by atoms with Crippen molar-refractivity contribution in [3.05, 3.63) is 23.5 Å². The van der Waals surface area contributed by atoms with Crippen molar-refractivity contribution in [3.63, 3.8) is 0 Å². The third-order valence-electron chi connectivity index (χ3n) is 3.94. The van der Waals surface area contributed by atoms with Gasteiger partial charge in [0.25, 0.3) is 0 Å². The average Bonchev–Trinajstić information content (AvgIpc) is 3.04. The molecule has 2 aliphatic heterocycles. The van der Waals surface area contributed by atoms with Crippen molar-refractivity contribution in [3.8, 4) is 0 Å². The predicted molar refractivity (Wildman–Crippen MR) is 86.0 cm³/mol. The van der Waals surface area contributed by atoms with Crippen LogP contribution in [0.4, 0.5) is 4.79 Å². The van der Waals surface area contributed by atoms with Crippen molar-refractivity contribution in [1.29, 1.82) is 0 Å². The first-order valence-electron chi connectivity index (χ1n) is 7.69. The zero-order valence-electron chi connectivity index (χ0n) is 13.9. The van der Waals surface area contributed by atoms with Gasteiger partial charge in [-0.2, -0.15) is 5.10 Å². The van der Waals surface area contributed by atoms with E-state index < -0.39 is 24.0 Å². The summed E-state index contributed by atoms with van der Waals surface area (Å²) in [7, 11) is 1.85. The van der Waals surface area contributed by atoms with Gasteiger partial charge in [0.15, 0.2) is 6.23 Å². The zero-order valence-corrected chi connectivity index (χ0v) is 13.9. The number of ether oxygens (including phenoxy) is 1. The monoisotopic (exact) mass is 318 g/mol. The highest BCUT2D eigenvalue weighted by molar-refractivity contribution is 6.12. The summed E-state index contributed by atoms with van der Waals surface area (Å²) in [6, 6.07) is -0.468. The van der Waals surface area contributed by atoms with E-state index in [0.717, 1.165) is 16.7 Å². The number of nitrogens with zero attached hydrogens (tertiary/aromatic N) is 4. The van der Waals surface area contributed by atoms with Gasteiger partial charge in [0.1, 0.15) is 11.6 Å². The highest BCUT2D eigenvalue weighted by atomic mass is 16.6. The molecule has 2 unspecified atom stereocenters. The Morgan fingerprint density at radius 1 is 1.43 bits per heavy atom. The lowest BCUT2D eigenvalue weighted by Crippen LogP contribution is -2.46. The molecule has 0 spiro atoms. The molecular formula is C16H22N4O3. The first kappa shape index (κ1) is 15.7. The summed E-state index contributed by atoms with van der Waals surface area (Å²) in [6.07, 6.45) is 4.65. The molecule has 3 heterocycles. The number of amides is 1. The van der Waals surface area contributed by atoms with Crippen LogP contribution in [0.2, 0.25) is 0 Å². The van der Waals surface area contributed by atoms with E-state index >= 15 is 0 Å². The zero-order chi connectivity index (χ0) is 16.8. The maximum atomic E-state index is 12.4. The van der Waals surface area contributed by atoms with Gasteiger partial charge in [-0.25, -0.2) is 4.79 Å². The Balaban J connectivity index is 1.92. The number of allylic oxidation sites excluding steroid dienone is 1. The Bertz CT molecular complexity index is 684. The number of dihydropyridines is 1. The summed E-state index contributed by atoms with van der Waals surface area (Å²) >= 11 is 0. The van der Waals surface area contributed by atoms with E-state index in [4.69, 9.17) is 4.74 Å². The minimum atomic E-state index is -0.958. The number of aliphatic hydroxyl groups is 1. The Morgan fingerprint density at radius 3 is 2.78 bits per heavy atom. The molecule has 7 nitrogen and oxygen atoms in total. The van der Waals surface area contributed by atoms with Crippen LogP contribution in [0.25, 0.3) is 5.57 Å². The maximum Gasteiger partial charge on any atom is 0.410 e. The minimum absolute atomic E-state index is 0.417. The molecule has 0 aromatic carbocycles. The predicted octanol–water partition coefficient (Wildman–Crippen LogP) is 1.59. The third kappa shape index (κ3) is 3.01. The van der Waals surface area contributed by atoms with Gasteiger partial charge in [-0.05, 0) is 32.8 Å². The number of aromatic nitrogens is 2. The van der Waals surface area contributed by atoms with Crippen LogP contribution >= 0.6 is 0 Å². The molecular weight excluding hydrogens is 296 g/mol. The lowest BCUT2D eigenvalue weighted by Gasteiger charge is -2.32. The molecule has 23 heavy (non-hydrogen) atoms. The van der Waals surface area contributed by atoms with E-state index in [-0.39, 0.29) is 0 Å². The molecule has 0 bridgehead atoms. The number of aryl methyl sites for hydroxylation is 1. The largest absolute Gasteiger partial charge is 0.444 e. The smallest absolute Gasteiger partial charge is 0.410 e. The van der Waals surface area contributed by atoms with Gasteiger partial charge in [0, 0.05) is 37.1 Å². The van der Waals surface area contributed by atoms with Crippen molar-refractivity contribution >= 4 is 17.9 Å². The molecule has 0 saturated carbocycles. The second kappa shape index (κ2) is 5.49. The van der Waals surface area contributed by atoms with E-state index in [9.17, 15) is 9.90 Å². The van der Waals surface area contributed by atoms with Crippen molar-refractivity contribution in [2.24, 2.45) is 12.0 Å². The summed E-state index contributed by atoms with van der Waals surface area (Å²) < 4.78 is 7.17. The molecule has 0 aliphatic carbocycles. The number of likely N-dealkylation sites (tertiary alicyclic amines) is 1. The minimum Gasteiger partial charge on any atom is -0.444 e. The summed E-state index contributed by atoms with van der Waals surface area (Å²) in [4.78, 5) is 18.1. The van der Waals surface area contributed by atoms with E-state index in [1.54, 1.807) is 22.0 Å². The normalized spacial score (nSPS) is 24.1. The summed E-state index contributed by atoms with van der Waals surface area (Å²) in [6.45, 7) is 6.00. The Labute approximate surface area is 135 Å². The van der Waals surface area contributed by atoms with Crippen LogP contribution in [0.1, 0.15) is 32.8 Å². The molecule has 1 N–H and O–H groups in total. The third-order valence-corrected chi connectivity index (χ3v) is 3.94. The van der Waals surface area contributed by atoms with Crippen LogP contribution in [0, 0.1) is 0 Å². The quantitative estimate of drug-likeness (QED) is 0.852. The van der Waals surface area contributed by atoms with Gasteiger partial charge in [0.2, 0.25) is 0 Å². The van der Waals surface area contributed by atoms with Gasteiger partial charge >= 0.3 is 6.09 Å². The van der Waals surface area contributed by atoms with Crippen LogP contribution in [0.5, 0.6) is 0 Å². The lowest BCUT2D eigenvalue weighted by molar-refractivity contribution is 0.0102. The maximum absolute atomic E-state index is 12.4. The van der Waals surface area contributed by atoms with E-state index in [1.165, 1.54) is 0 Å². The molecule has 1 fully saturated rings. The number of hydrogen-bond acceptors (Lipinski definition) is 5. The van der Waals surface area contributed by atoms with Gasteiger partial charge in [-0.3, -0.25) is 14.6 Å². The van der Waals surface area contributed by atoms with Crippen LogP contribution in [-0.2, 0) is 11.8 Å². The molecule has 3 rings (SSSR count). The summed E-state index contributed by atoms with van der Waals surface area (Å²) in [5.41, 5.74) is 2.30. The fraction of sp³-hybridized carbons (Fsp3) is 0.562. The summed E-state index contributed by atoms with van der Waals surface area (Å²) in [5.74, 6) is 0. The van der Waals surface area contributed by atoms with Gasteiger partial charge in [-0.15, -0.1) is 0 Å². The second-order valence-corrected chi connectivity index (χ2v) is 6.90. The number of rotatable bonds is 1. The van der Waals surface area contributed by atoms with Crippen LogP contribution in [0.3, 0.4) is 0 Å². The first-order chi connectivity index (χ1) is 10.8. The first-order valence-corrected chi connectivity index (χ1v) is 7.69. The average molecular weight is 318 g/mol. The summed E-state index contributed by atoms with van der Waals surface area (Å²) in [5, 5.41) is 14.4. The fourth-order valence-corrected chi connectivity index (χ4v) is 3.01. The van der Waals surface area contributed by atoms with E-state index in [0.29, 0.717) is 13.0 Å². The molecule has 2 atom stereocenters. The van der Waals surface area contributed by atoms with Gasteiger partial charge < -0.3 is 9.84 Å². The highest BCUT2D eigenvalue weighted by Gasteiger charge is 2.42. The molecule has 0 radical (unpaired) electrons. The van der Waals surface area contributed by atoms with Crippen molar-refractivity contribution in [2.75, 3.05) is 6.54 Å². The molecule has 1 amide bonds. The number of carbonyl (C=O) groups excluding carboxylic acids is 1. The molecule has 1 aromatic heterocycles. The number of aliphatic hydroxyl groups excluding tert-OH is 1. The Morgan fingerprint density at radius 2 is 2.17 bits per heavy atom. The van der Waals surface area contributed by atoms with E-state index in [1.807, 2.05) is 34.0 Å². The standard InChI is InChI=1S/C16H22N4O3/c1-16(2,3)23-15(22)20-6-5-11-12(8-17-14(21)13(11)20)10-7-18-19(4)9-10/h7-9,13-14,21H,5-6H2,1-4H3. The fourth-order valence-electron chi connectivity index (χ4n) is 3.01. The number of carbonyl (C=O) groups is 1. The number of fused-ring (bicyclic) bond motifs is 1. The Kier molecular flexibility index (Phi) is 3.75. The molecule has 2 aliphatic rings. The SMILES string of the molecule is Cn1cc(C2=C3CCN(C(=O)OC(C)(C)C)C3C(O)N=C2)cn1. The molecule has 1 aromatic rings. The topological polar surface area (TPSA) is 80.0 Å². The van der Waals surface area contributed by atoms with Crippen LogP contribution in [-0.4, -0.2) is 56.5 Å². The second-order valence-electron chi connectivity index (χ2n) is 6.90. The van der Waals surface area contributed by atoms with Crippen molar-refractivity contribution in [1.82, 2.24) is 14.7 Å². The lowest BCUT2D eigenvalue weighted by atomic mass is 9.94. The molecule has 7 heteroatoms. The van der Waals surface area contributed by atoms with E-state index in [2.05, 4.69) is 10.1 Å². The molecule has 124 valence electrons. The van der Waals surface area contributed by atoms with Gasteiger partial charge in [-0.1, -0.05) is 0 Å². The Hall–Kier alpha value is -2.15. The van der Waals surface area contributed by atoms with Crippen LogP contribution in [0.15, 0.2) is 23.0 Å². The highest BCUT2D eigenvalue weighted by Crippen LogP contribution is 2.36. The van der Waals surface area contributed by atoms with Gasteiger partial charge in [0.05, 0.1) is 6.20 Å². The van der Waals surface area contributed by atoms with Crippen molar-refractivity contribution < 1.29 is 14.6 Å². The van der Waals surface area contributed by atoms with Crippen molar-refractivity contribution in [2.45, 2.75) is 45.1 Å². The molecule has 1 saturated heterocycles. The number of aliphatic imine (C=N–C) groups is 1.